The molecule has 2 N–H and O–H groups in total. The lowest BCUT2D eigenvalue weighted by Gasteiger charge is -2.26. The molecule has 2 rings (SSSR count). The average molecular weight is 396 g/mol. The van der Waals surface area contributed by atoms with Gasteiger partial charge in [0.25, 0.3) is 0 Å². The Morgan fingerprint density at radius 1 is 1.31 bits per heavy atom. The van der Waals surface area contributed by atoms with Crippen molar-refractivity contribution in [2.75, 3.05) is 31.6 Å². The van der Waals surface area contributed by atoms with Crippen LogP contribution in [0.3, 0.4) is 0 Å². The van der Waals surface area contributed by atoms with E-state index in [4.69, 9.17) is 4.74 Å². The van der Waals surface area contributed by atoms with Crippen molar-refractivity contribution in [1.29, 1.82) is 0 Å². The van der Waals surface area contributed by atoms with Gasteiger partial charge < -0.3 is 15.2 Å². The normalized spacial score (nSPS) is 19.0. The summed E-state index contributed by atoms with van der Waals surface area (Å²) in [4.78, 5) is 11.7. The molecule has 1 aromatic carbocycles. The number of amides is 1. The number of hydrogen-bond donors (Lipinski definition) is 2. The zero-order chi connectivity index (χ0) is 19.6. The summed E-state index contributed by atoms with van der Waals surface area (Å²) < 4.78 is 69.3. The van der Waals surface area contributed by atoms with Gasteiger partial charge in [-0.25, -0.2) is 8.42 Å². The topological polar surface area (TPSA) is 95.9 Å². The second-order valence-corrected chi connectivity index (χ2v) is 7.98. The molecule has 26 heavy (non-hydrogen) atoms. The lowest BCUT2D eigenvalue weighted by atomic mass is 10.0. The molecule has 1 amide bonds. The minimum absolute atomic E-state index is 0.0160. The third-order valence-electron chi connectivity index (χ3n) is 3.84. The van der Waals surface area contributed by atoms with Crippen LogP contribution >= 0.6 is 0 Å². The number of carbonyl (C=O) groups is 1. The molecule has 1 atom stereocenters. The second-order valence-electron chi connectivity index (χ2n) is 6.04. The number of hydrogen-bond acceptors (Lipinski definition) is 5. The minimum Gasteiger partial charge on any atom is -0.380 e. The fraction of sp³-hybridized carbons (Fsp3) is 0.533. The summed E-state index contributed by atoms with van der Waals surface area (Å²) in [5, 5.41) is 11.5. The maximum atomic E-state index is 12.6. The molecule has 1 fully saturated rings. The fourth-order valence-electron chi connectivity index (χ4n) is 2.29. The van der Waals surface area contributed by atoms with Gasteiger partial charge in [-0.05, 0) is 25.1 Å². The number of sulfonamides is 1. The number of nitrogens with one attached hydrogen (secondary N) is 1. The first kappa shape index (κ1) is 20.6. The molecule has 1 saturated heterocycles. The number of ether oxygens (including phenoxy) is 1. The van der Waals surface area contributed by atoms with E-state index in [1.165, 1.54) is 22.5 Å². The Morgan fingerprint density at radius 3 is 2.50 bits per heavy atom. The monoisotopic (exact) mass is 396 g/mol. The number of alkyl halides is 3. The van der Waals surface area contributed by atoms with E-state index >= 15 is 0 Å². The van der Waals surface area contributed by atoms with Gasteiger partial charge in [-0.2, -0.15) is 17.5 Å². The summed E-state index contributed by atoms with van der Waals surface area (Å²) >= 11 is 0. The van der Waals surface area contributed by atoms with Crippen LogP contribution in [0.4, 0.5) is 18.9 Å². The molecule has 0 spiro atoms. The number of benzene rings is 1. The van der Waals surface area contributed by atoms with Crippen LogP contribution in [0.15, 0.2) is 29.2 Å². The quantitative estimate of drug-likeness (QED) is 0.783. The van der Waals surface area contributed by atoms with Crippen LogP contribution in [0.5, 0.6) is 0 Å². The highest BCUT2D eigenvalue weighted by molar-refractivity contribution is 7.89. The summed E-state index contributed by atoms with van der Waals surface area (Å²) in [6.45, 7) is 1.40. The van der Waals surface area contributed by atoms with Gasteiger partial charge in [0.15, 0.2) is 5.60 Å². The smallest absolute Gasteiger partial charge is 0.380 e. The van der Waals surface area contributed by atoms with E-state index in [1.807, 2.05) is 0 Å². The number of rotatable bonds is 5. The maximum absolute atomic E-state index is 12.6. The standard InChI is InChI=1S/C15H19F3N2O5S/c1-14(22,15(16,17)18)10-13(21)19-11-3-2-4-12(9-11)26(23,24)20-5-7-25-8-6-20/h2-4,9,22H,5-8,10H2,1H3,(H,19,21)/t14-/m0/s1. The van der Waals surface area contributed by atoms with Gasteiger partial charge in [0.1, 0.15) is 0 Å². The largest absolute Gasteiger partial charge is 0.417 e. The Morgan fingerprint density at radius 2 is 1.92 bits per heavy atom. The lowest BCUT2D eigenvalue weighted by molar-refractivity contribution is -0.252. The molecular formula is C15H19F3N2O5S. The zero-order valence-corrected chi connectivity index (χ0v) is 14.7. The van der Waals surface area contributed by atoms with E-state index in [0.717, 1.165) is 6.07 Å². The number of aliphatic hydroxyl groups is 1. The van der Waals surface area contributed by atoms with Gasteiger partial charge in [0.2, 0.25) is 15.9 Å². The van der Waals surface area contributed by atoms with Gasteiger partial charge in [-0.3, -0.25) is 4.79 Å². The van der Waals surface area contributed by atoms with Crippen LogP contribution in [0.2, 0.25) is 0 Å². The number of morpholine rings is 1. The molecular weight excluding hydrogens is 377 g/mol. The van der Waals surface area contributed by atoms with Crippen molar-refractivity contribution >= 4 is 21.6 Å². The Bertz CT molecular complexity index is 759. The van der Waals surface area contributed by atoms with Crippen LogP contribution < -0.4 is 5.32 Å². The molecule has 1 aromatic rings. The number of anilines is 1. The van der Waals surface area contributed by atoms with Gasteiger partial charge in [0.05, 0.1) is 24.5 Å². The maximum Gasteiger partial charge on any atom is 0.417 e. The molecule has 0 saturated carbocycles. The molecule has 1 aliphatic rings. The Kier molecular flexibility index (Phi) is 5.95. The predicted molar refractivity (Wildman–Crippen MR) is 85.9 cm³/mol. The molecule has 11 heteroatoms. The van der Waals surface area contributed by atoms with Gasteiger partial charge >= 0.3 is 6.18 Å². The van der Waals surface area contributed by atoms with E-state index in [9.17, 15) is 31.5 Å². The van der Waals surface area contributed by atoms with Crippen LogP contribution in [-0.4, -0.2) is 61.8 Å². The van der Waals surface area contributed by atoms with Crippen LogP contribution in [0, 0.1) is 0 Å². The third-order valence-corrected chi connectivity index (χ3v) is 5.74. The molecule has 146 valence electrons. The van der Waals surface area contributed by atoms with Gasteiger partial charge in [-0.1, -0.05) is 6.07 Å². The van der Waals surface area contributed by atoms with Crippen molar-refractivity contribution in [2.24, 2.45) is 0 Å². The fourth-order valence-corrected chi connectivity index (χ4v) is 3.74. The first-order chi connectivity index (χ1) is 11.9. The molecule has 0 aliphatic carbocycles. The highest BCUT2D eigenvalue weighted by Gasteiger charge is 2.51. The van der Waals surface area contributed by atoms with Crippen LogP contribution in [-0.2, 0) is 19.6 Å². The molecule has 0 radical (unpaired) electrons. The highest BCUT2D eigenvalue weighted by Crippen LogP contribution is 2.33. The third kappa shape index (κ3) is 4.72. The Hall–Kier alpha value is -1.69. The van der Waals surface area contributed by atoms with Gasteiger partial charge in [-0.15, -0.1) is 0 Å². The summed E-state index contributed by atoms with van der Waals surface area (Å²) in [6.07, 6.45) is -6.18. The SMILES string of the molecule is C[C@](O)(CC(=O)Nc1cccc(S(=O)(=O)N2CCOCC2)c1)C(F)(F)F. The predicted octanol–water partition coefficient (Wildman–Crippen LogP) is 1.35. The molecule has 0 aromatic heterocycles. The van der Waals surface area contributed by atoms with E-state index in [2.05, 4.69) is 5.32 Å². The minimum atomic E-state index is -4.97. The molecule has 1 aliphatic heterocycles. The molecule has 1 heterocycles. The first-order valence-corrected chi connectivity index (χ1v) is 9.14. The van der Waals surface area contributed by atoms with E-state index in [0.29, 0.717) is 6.92 Å². The van der Waals surface area contributed by atoms with Crippen molar-refractivity contribution in [2.45, 2.75) is 30.0 Å². The average Bonchev–Trinajstić information content (AvgIpc) is 2.54. The number of halogens is 3. The lowest BCUT2D eigenvalue weighted by Crippen LogP contribution is -2.44. The van der Waals surface area contributed by atoms with Crippen molar-refractivity contribution < 1.29 is 36.2 Å². The molecule has 0 unspecified atom stereocenters. The van der Waals surface area contributed by atoms with Crippen molar-refractivity contribution in [3.8, 4) is 0 Å². The number of nitrogens with zero attached hydrogens (tertiary/aromatic N) is 1. The Labute approximate surface area is 148 Å². The van der Waals surface area contributed by atoms with Crippen molar-refractivity contribution in [1.82, 2.24) is 4.31 Å². The summed E-state index contributed by atoms with van der Waals surface area (Å²) in [6, 6.07) is 5.20. The summed E-state index contributed by atoms with van der Waals surface area (Å²) in [7, 11) is -3.81. The van der Waals surface area contributed by atoms with Crippen molar-refractivity contribution in [3.05, 3.63) is 24.3 Å². The van der Waals surface area contributed by atoms with E-state index in [1.54, 1.807) is 0 Å². The molecule has 7 nitrogen and oxygen atoms in total. The number of carbonyl (C=O) groups excluding carboxylic acids is 1. The summed E-state index contributed by atoms with van der Waals surface area (Å²) in [5.41, 5.74) is -3.17. The first-order valence-electron chi connectivity index (χ1n) is 7.70. The van der Waals surface area contributed by atoms with Crippen LogP contribution in [0.25, 0.3) is 0 Å². The summed E-state index contributed by atoms with van der Waals surface area (Å²) in [5.74, 6) is -1.09. The Balaban J connectivity index is 2.13. The zero-order valence-electron chi connectivity index (χ0n) is 13.9. The van der Waals surface area contributed by atoms with Gasteiger partial charge in [0, 0.05) is 18.8 Å². The van der Waals surface area contributed by atoms with Crippen molar-refractivity contribution in [3.63, 3.8) is 0 Å². The molecule has 0 bridgehead atoms. The van der Waals surface area contributed by atoms with E-state index in [-0.39, 0.29) is 36.9 Å². The van der Waals surface area contributed by atoms with Crippen LogP contribution in [0.1, 0.15) is 13.3 Å². The highest BCUT2D eigenvalue weighted by atomic mass is 32.2. The van der Waals surface area contributed by atoms with E-state index < -0.39 is 34.1 Å². The second kappa shape index (κ2) is 7.51.